The number of fused-ring (bicyclic) bond motifs is 2. The number of nitriles is 1. The van der Waals surface area contributed by atoms with Crippen LogP contribution in [0, 0.1) is 17.2 Å². The van der Waals surface area contributed by atoms with E-state index < -0.39 is 0 Å². The van der Waals surface area contributed by atoms with Crippen molar-refractivity contribution in [1.82, 2.24) is 0 Å². The van der Waals surface area contributed by atoms with E-state index in [1.54, 1.807) is 5.57 Å². The Kier molecular flexibility index (Phi) is 2.02. The zero-order valence-corrected chi connectivity index (χ0v) is 8.92. The van der Waals surface area contributed by atoms with Crippen LogP contribution in [-0.2, 0) is 0 Å². The van der Waals surface area contributed by atoms with Crippen LogP contribution >= 0.6 is 0 Å². The monoisotopic (exact) mass is 197 g/mol. The van der Waals surface area contributed by atoms with Gasteiger partial charge in [-0.15, -0.1) is 0 Å². The molecule has 3 aliphatic rings. The third kappa shape index (κ3) is 1.21. The van der Waals surface area contributed by atoms with Crippen LogP contribution in [0.3, 0.4) is 0 Å². The predicted molar refractivity (Wildman–Crippen MR) is 60.0 cm³/mol. The zero-order valence-electron chi connectivity index (χ0n) is 8.92. The van der Waals surface area contributed by atoms with Crippen molar-refractivity contribution >= 4 is 0 Å². The third-order valence-electron chi connectivity index (χ3n) is 3.94. The Morgan fingerprint density at radius 3 is 3.00 bits per heavy atom. The van der Waals surface area contributed by atoms with Gasteiger partial charge in [0.2, 0.25) is 0 Å². The molecule has 0 aromatic rings. The lowest BCUT2D eigenvalue weighted by Gasteiger charge is -2.24. The van der Waals surface area contributed by atoms with Crippen molar-refractivity contribution < 1.29 is 0 Å². The average molecular weight is 197 g/mol. The lowest BCUT2D eigenvalue weighted by Crippen LogP contribution is -2.10. The number of rotatable bonds is 0. The number of allylic oxidation sites excluding steroid dienone is 6. The minimum Gasteiger partial charge on any atom is -0.192 e. The summed E-state index contributed by atoms with van der Waals surface area (Å²) < 4.78 is 0. The molecule has 0 spiro atoms. The Balaban J connectivity index is 2.11. The Morgan fingerprint density at radius 2 is 2.13 bits per heavy atom. The number of hydrogen-bond donors (Lipinski definition) is 0. The molecular weight excluding hydrogens is 182 g/mol. The van der Waals surface area contributed by atoms with Crippen molar-refractivity contribution in [3.8, 4) is 6.07 Å². The standard InChI is InChI=1S/C14H15N/c15-9-14-12-7-3-1-5-10(12)11-6-2-4-8-13(11)14/h3,7,11H,1-2,4-6,8H2. The molecule has 1 unspecified atom stereocenters. The summed E-state index contributed by atoms with van der Waals surface area (Å²) in [5, 5.41) is 9.27. The lowest BCUT2D eigenvalue weighted by atomic mass is 9.80. The Hall–Kier alpha value is -1.29. The molecule has 0 aromatic carbocycles. The number of nitrogens with zero attached hydrogens (tertiary/aromatic N) is 1. The molecule has 1 fully saturated rings. The molecule has 0 aromatic heterocycles. The summed E-state index contributed by atoms with van der Waals surface area (Å²) in [6.07, 6.45) is 11.8. The van der Waals surface area contributed by atoms with Crippen LogP contribution in [-0.4, -0.2) is 0 Å². The van der Waals surface area contributed by atoms with E-state index in [0.29, 0.717) is 5.92 Å². The molecule has 1 nitrogen and oxygen atoms in total. The van der Waals surface area contributed by atoms with Crippen LogP contribution in [0.2, 0.25) is 0 Å². The van der Waals surface area contributed by atoms with Gasteiger partial charge < -0.3 is 0 Å². The molecule has 1 atom stereocenters. The number of hydrogen-bond acceptors (Lipinski definition) is 1. The molecule has 3 rings (SSSR count). The lowest BCUT2D eigenvalue weighted by molar-refractivity contribution is 0.497. The summed E-state index contributed by atoms with van der Waals surface area (Å²) in [6, 6.07) is 2.43. The highest BCUT2D eigenvalue weighted by molar-refractivity contribution is 5.62. The fourth-order valence-electron chi connectivity index (χ4n) is 3.29. The van der Waals surface area contributed by atoms with Gasteiger partial charge in [0.05, 0.1) is 11.6 Å². The maximum absolute atomic E-state index is 9.27. The highest BCUT2D eigenvalue weighted by Crippen LogP contribution is 2.48. The van der Waals surface area contributed by atoms with Crippen molar-refractivity contribution in [3.05, 3.63) is 34.4 Å². The highest BCUT2D eigenvalue weighted by atomic mass is 14.4. The first-order valence-electron chi connectivity index (χ1n) is 5.95. The van der Waals surface area contributed by atoms with Crippen LogP contribution in [0.15, 0.2) is 34.4 Å². The molecule has 0 amide bonds. The second-order valence-corrected chi connectivity index (χ2v) is 4.69. The maximum atomic E-state index is 9.27. The summed E-state index contributed by atoms with van der Waals surface area (Å²) in [5.74, 6) is 0.647. The van der Waals surface area contributed by atoms with E-state index in [1.807, 2.05) is 0 Å². The summed E-state index contributed by atoms with van der Waals surface area (Å²) in [6.45, 7) is 0. The highest BCUT2D eigenvalue weighted by Gasteiger charge is 2.34. The second kappa shape index (κ2) is 3.38. The maximum Gasteiger partial charge on any atom is 0.0997 e. The molecule has 3 aliphatic carbocycles. The van der Waals surface area contributed by atoms with Gasteiger partial charge in [0.1, 0.15) is 0 Å². The van der Waals surface area contributed by atoms with Crippen LogP contribution in [0.1, 0.15) is 38.5 Å². The molecule has 0 radical (unpaired) electrons. The van der Waals surface area contributed by atoms with Crippen molar-refractivity contribution in [2.75, 3.05) is 0 Å². The summed E-state index contributed by atoms with van der Waals surface area (Å²) in [4.78, 5) is 0. The molecule has 0 aliphatic heterocycles. The topological polar surface area (TPSA) is 23.8 Å². The van der Waals surface area contributed by atoms with E-state index >= 15 is 0 Å². The van der Waals surface area contributed by atoms with Gasteiger partial charge in [0.15, 0.2) is 0 Å². The van der Waals surface area contributed by atoms with E-state index in [2.05, 4.69) is 18.2 Å². The molecule has 0 N–H and O–H groups in total. The molecule has 0 bridgehead atoms. The Labute approximate surface area is 90.8 Å². The fraction of sp³-hybridized carbons (Fsp3) is 0.500. The minimum absolute atomic E-state index is 0.647. The molecule has 1 saturated carbocycles. The molecule has 0 heterocycles. The van der Waals surface area contributed by atoms with Gasteiger partial charge in [-0.2, -0.15) is 5.26 Å². The first kappa shape index (κ1) is 8.97. The average Bonchev–Trinajstić information content (AvgIpc) is 2.63. The quantitative estimate of drug-likeness (QED) is 0.581. The molecule has 0 saturated heterocycles. The zero-order chi connectivity index (χ0) is 10.3. The fourth-order valence-corrected chi connectivity index (χ4v) is 3.29. The molecule has 1 heteroatoms. The molecule has 76 valence electrons. The molecule has 15 heavy (non-hydrogen) atoms. The summed E-state index contributed by atoms with van der Waals surface area (Å²) in [5.41, 5.74) is 5.33. The smallest absolute Gasteiger partial charge is 0.0997 e. The van der Waals surface area contributed by atoms with Crippen LogP contribution in [0.25, 0.3) is 0 Å². The predicted octanol–water partition coefficient (Wildman–Crippen LogP) is 3.66. The minimum atomic E-state index is 0.647. The SMILES string of the molecule is N#CC1=C2CCCCC2C2=C1C=CCC2. The third-order valence-corrected chi connectivity index (χ3v) is 3.94. The van der Waals surface area contributed by atoms with E-state index in [1.165, 1.54) is 43.3 Å². The van der Waals surface area contributed by atoms with Crippen LogP contribution < -0.4 is 0 Å². The van der Waals surface area contributed by atoms with Crippen LogP contribution in [0.5, 0.6) is 0 Å². The van der Waals surface area contributed by atoms with Gasteiger partial charge in [-0.1, -0.05) is 24.1 Å². The van der Waals surface area contributed by atoms with Gasteiger partial charge in [-0.05, 0) is 43.3 Å². The van der Waals surface area contributed by atoms with E-state index in [-0.39, 0.29) is 0 Å². The Morgan fingerprint density at radius 1 is 1.20 bits per heavy atom. The largest absolute Gasteiger partial charge is 0.192 e. The Bertz CT molecular complexity index is 429. The van der Waals surface area contributed by atoms with Crippen LogP contribution in [0.4, 0.5) is 0 Å². The van der Waals surface area contributed by atoms with Gasteiger partial charge in [-0.3, -0.25) is 0 Å². The van der Waals surface area contributed by atoms with Crippen molar-refractivity contribution in [3.63, 3.8) is 0 Å². The van der Waals surface area contributed by atoms with E-state index in [0.717, 1.165) is 12.0 Å². The van der Waals surface area contributed by atoms with E-state index in [4.69, 9.17) is 0 Å². The van der Waals surface area contributed by atoms with Crippen molar-refractivity contribution in [1.29, 1.82) is 5.26 Å². The van der Waals surface area contributed by atoms with Gasteiger partial charge in [0.25, 0.3) is 0 Å². The normalized spacial score (nSPS) is 28.9. The molecular formula is C14H15N. The van der Waals surface area contributed by atoms with E-state index in [9.17, 15) is 5.26 Å². The van der Waals surface area contributed by atoms with Crippen molar-refractivity contribution in [2.24, 2.45) is 5.92 Å². The van der Waals surface area contributed by atoms with Gasteiger partial charge in [0, 0.05) is 5.92 Å². The van der Waals surface area contributed by atoms with Gasteiger partial charge in [-0.25, -0.2) is 0 Å². The van der Waals surface area contributed by atoms with Crippen molar-refractivity contribution in [2.45, 2.75) is 38.5 Å². The second-order valence-electron chi connectivity index (χ2n) is 4.69. The first-order chi connectivity index (χ1) is 7.42. The van der Waals surface area contributed by atoms with Gasteiger partial charge >= 0.3 is 0 Å². The first-order valence-corrected chi connectivity index (χ1v) is 5.95. The summed E-state index contributed by atoms with van der Waals surface area (Å²) >= 11 is 0. The summed E-state index contributed by atoms with van der Waals surface area (Å²) in [7, 11) is 0.